The number of carbonyl (C=O) groups is 1. The third-order valence-electron chi connectivity index (χ3n) is 4.14. The van der Waals surface area contributed by atoms with Crippen LogP contribution in [0, 0.1) is 5.92 Å². The average Bonchev–Trinajstić information content (AvgIpc) is 2.36. The second-order valence-electron chi connectivity index (χ2n) is 5.97. The largest absolute Gasteiger partial charge is 0.393 e. The van der Waals surface area contributed by atoms with Crippen LogP contribution in [0.1, 0.15) is 46.5 Å². The molecule has 1 amide bonds. The van der Waals surface area contributed by atoms with Crippen LogP contribution >= 0.6 is 0 Å². The summed E-state index contributed by atoms with van der Waals surface area (Å²) in [5, 5.41) is 2.90. The van der Waals surface area contributed by atoms with Crippen LogP contribution in [-0.4, -0.2) is 42.2 Å². The Morgan fingerprint density at radius 2 is 1.75 bits per heavy atom. The summed E-state index contributed by atoms with van der Waals surface area (Å²) in [5.41, 5.74) is 0. The van der Waals surface area contributed by atoms with Gasteiger partial charge in [-0.15, -0.1) is 0 Å². The van der Waals surface area contributed by atoms with Crippen molar-refractivity contribution in [2.24, 2.45) is 5.92 Å². The standard InChI is InChI=1S/C14H25F3N2O/c1-9(2)19(4)13(20)10(3)18-12-8-6-5-7-11(12)14(15,16)17/h9-12,18H,5-8H2,1-4H3/t10-,11+,12+/m0/s1. The number of nitrogens with one attached hydrogen (secondary N) is 1. The van der Waals surface area contributed by atoms with Crippen LogP contribution in [0.2, 0.25) is 0 Å². The Hall–Kier alpha value is -0.780. The van der Waals surface area contributed by atoms with Crippen molar-refractivity contribution in [3.63, 3.8) is 0 Å². The van der Waals surface area contributed by atoms with E-state index in [1.165, 1.54) is 0 Å². The predicted octanol–water partition coefficient (Wildman–Crippen LogP) is 2.95. The van der Waals surface area contributed by atoms with Gasteiger partial charge in [0, 0.05) is 19.1 Å². The van der Waals surface area contributed by atoms with Crippen LogP contribution < -0.4 is 5.32 Å². The Labute approximate surface area is 118 Å². The van der Waals surface area contributed by atoms with Gasteiger partial charge in [-0.25, -0.2) is 0 Å². The summed E-state index contributed by atoms with van der Waals surface area (Å²) >= 11 is 0. The number of halogens is 3. The molecule has 20 heavy (non-hydrogen) atoms. The Bertz CT molecular complexity index is 331. The van der Waals surface area contributed by atoms with Crippen LogP contribution in [0.25, 0.3) is 0 Å². The highest BCUT2D eigenvalue weighted by molar-refractivity contribution is 5.81. The highest BCUT2D eigenvalue weighted by Crippen LogP contribution is 2.37. The minimum absolute atomic E-state index is 0.0384. The van der Waals surface area contributed by atoms with Crippen LogP contribution in [0.3, 0.4) is 0 Å². The smallest absolute Gasteiger partial charge is 0.342 e. The lowest BCUT2D eigenvalue weighted by atomic mass is 9.83. The molecule has 0 bridgehead atoms. The summed E-state index contributed by atoms with van der Waals surface area (Å²) in [6.45, 7) is 5.40. The molecule has 0 spiro atoms. The number of carbonyl (C=O) groups excluding carboxylic acids is 1. The second kappa shape index (κ2) is 6.78. The molecule has 0 aromatic carbocycles. The molecule has 6 heteroatoms. The summed E-state index contributed by atoms with van der Waals surface area (Å²) in [7, 11) is 1.67. The molecule has 0 unspecified atom stereocenters. The fourth-order valence-corrected chi connectivity index (χ4v) is 2.67. The third kappa shape index (κ3) is 4.36. The summed E-state index contributed by atoms with van der Waals surface area (Å²) < 4.78 is 39.0. The summed E-state index contributed by atoms with van der Waals surface area (Å²) in [4.78, 5) is 13.7. The number of amides is 1. The molecular formula is C14H25F3N2O. The SMILES string of the molecule is CC(C)N(C)C(=O)[C@H](C)N[C@@H]1CCCC[C@H]1C(F)(F)F. The molecule has 1 aliphatic rings. The first-order chi connectivity index (χ1) is 9.14. The Morgan fingerprint density at radius 1 is 1.20 bits per heavy atom. The monoisotopic (exact) mass is 294 g/mol. The van der Waals surface area contributed by atoms with Gasteiger partial charge in [-0.2, -0.15) is 13.2 Å². The molecule has 3 atom stereocenters. The van der Waals surface area contributed by atoms with E-state index in [9.17, 15) is 18.0 Å². The van der Waals surface area contributed by atoms with E-state index >= 15 is 0 Å². The van der Waals surface area contributed by atoms with Crippen molar-refractivity contribution < 1.29 is 18.0 Å². The van der Waals surface area contributed by atoms with Gasteiger partial charge >= 0.3 is 6.18 Å². The number of nitrogens with zero attached hydrogens (tertiary/aromatic N) is 1. The van der Waals surface area contributed by atoms with Crippen LogP contribution in [-0.2, 0) is 4.79 Å². The highest BCUT2D eigenvalue weighted by Gasteiger charge is 2.46. The van der Waals surface area contributed by atoms with Crippen molar-refractivity contribution in [1.82, 2.24) is 10.2 Å². The quantitative estimate of drug-likeness (QED) is 0.864. The fourth-order valence-electron chi connectivity index (χ4n) is 2.67. The van der Waals surface area contributed by atoms with Gasteiger partial charge in [0.2, 0.25) is 5.91 Å². The third-order valence-corrected chi connectivity index (χ3v) is 4.14. The topological polar surface area (TPSA) is 32.3 Å². The Kier molecular flexibility index (Phi) is 5.86. The van der Waals surface area contributed by atoms with E-state index < -0.39 is 24.2 Å². The van der Waals surface area contributed by atoms with E-state index in [1.807, 2.05) is 13.8 Å². The Morgan fingerprint density at radius 3 is 2.25 bits per heavy atom. The molecule has 0 radical (unpaired) electrons. The van der Waals surface area contributed by atoms with Gasteiger partial charge in [0.15, 0.2) is 0 Å². The number of likely N-dealkylation sites (N-methyl/N-ethyl adjacent to an activating group) is 1. The maximum absolute atomic E-state index is 13.0. The van der Waals surface area contributed by atoms with Crippen molar-refractivity contribution in [2.75, 3.05) is 7.05 Å². The first-order valence-electron chi connectivity index (χ1n) is 7.24. The lowest BCUT2D eigenvalue weighted by molar-refractivity contribution is -0.189. The van der Waals surface area contributed by atoms with Gasteiger partial charge in [0.05, 0.1) is 12.0 Å². The zero-order chi connectivity index (χ0) is 15.5. The Balaban J connectivity index is 2.67. The summed E-state index contributed by atoms with van der Waals surface area (Å²) in [6, 6.07) is -1.20. The van der Waals surface area contributed by atoms with Gasteiger partial charge in [0.25, 0.3) is 0 Å². The lowest BCUT2D eigenvalue weighted by Crippen LogP contribution is -2.53. The zero-order valence-corrected chi connectivity index (χ0v) is 12.6. The normalized spacial score (nSPS) is 25.6. The van der Waals surface area contributed by atoms with Crippen LogP contribution in [0.5, 0.6) is 0 Å². The minimum atomic E-state index is -4.19. The second-order valence-corrected chi connectivity index (χ2v) is 5.97. The molecule has 118 valence electrons. The van der Waals surface area contributed by atoms with Crippen LogP contribution in [0.15, 0.2) is 0 Å². The molecule has 1 aliphatic carbocycles. The lowest BCUT2D eigenvalue weighted by Gasteiger charge is -2.36. The molecule has 0 heterocycles. The summed E-state index contributed by atoms with van der Waals surface area (Å²) in [6.07, 6.45) is -2.16. The van der Waals surface area contributed by atoms with Gasteiger partial charge in [0.1, 0.15) is 0 Å². The molecule has 0 aliphatic heterocycles. The molecule has 1 rings (SSSR count). The van der Waals surface area contributed by atoms with E-state index in [0.29, 0.717) is 12.8 Å². The number of rotatable bonds is 4. The molecule has 1 saturated carbocycles. The maximum Gasteiger partial charge on any atom is 0.393 e. The zero-order valence-electron chi connectivity index (χ0n) is 12.6. The van der Waals surface area contributed by atoms with Crippen molar-refractivity contribution in [3.8, 4) is 0 Å². The number of alkyl halides is 3. The van der Waals surface area contributed by atoms with Gasteiger partial charge in [-0.3, -0.25) is 4.79 Å². The first-order valence-corrected chi connectivity index (χ1v) is 7.24. The van der Waals surface area contributed by atoms with Gasteiger partial charge in [-0.05, 0) is 33.6 Å². The fraction of sp³-hybridized carbons (Fsp3) is 0.929. The highest BCUT2D eigenvalue weighted by atomic mass is 19.4. The van der Waals surface area contributed by atoms with E-state index in [-0.39, 0.29) is 18.4 Å². The van der Waals surface area contributed by atoms with Crippen molar-refractivity contribution in [3.05, 3.63) is 0 Å². The molecule has 1 fully saturated rings. The maximum atomic E-state index is 13.0. The first kappa shape index (κ1) is 17.3. The van der Waals surface area contributed by atoms with E-state index in [4.69, 9.17) is 0 Å². The molecule has 0 aromatic rings. The molecule has 1 N–H and O–H groups in total. The summed E-state index contributed by atoms with van der Waals surface area (Å²) in [5.74, 6) is -1.50. The predicted molar refractivity (Wildman–Crippen MR) is 72.3 cm³/mol. The van der Waals surface area contributed by atoms with Crippen molar-refractivity contribution >= 4 is 5.91 Å². The van der Waals surface area contributed by atoms with Gasteiger partial charge in [-0.1, -0.05) is 12.8 Å². The number of hydrogen-bond acceptors (Lipinski definition) is 2. The molecule has 0 saturated heterocycles. The number of hydrogen-bond donors (Lipinski definition) is 1. The molecular weight excluding hydrogens is 269 g/mol. The van der Waals surface area contributed by atoms with Crippen molar-refractivity contribution in [1.29, 1.82) is 0 Å². The van der Waals surface area contributed by atoms with Crippen molar-refractivity contribution in [2.45, 2.75) is 70.8 Å². The van der Waals surface area contributed by atoms with Gasteiger partial charge < -0.3 is 10.2 Å². The molecule has 3 nitrogen and oxygen atoms in total. The molecule has 0 aromatic heterocycles. The minimum Gasteiger partial charge on any atom is -0.342 e. The van der Waals surface area contributed by atoms with E-state index in [2.05, 4.69) is 5.32 Å². The van der Waals surface area contributed by atoms with Crippen LogP contribution in [0.4, 0.5) is 13.2 Å². The average molecular weight is 294 g/mol. The van der Waals surface area contributed by atoms with E-state index in [1.54, 1.807) is 18.9 Å². The van der Waals surface area contributed by atoms with E-state index in [0.717, 1.165) is 6.42 Å².